The molecule has 0 saturated heterocycles. The molecule has 158 valence electrons. The molecule has 1 heterocycles. The third-order valence-electron chi connectivity index (χ3n) is 4.21. The summed E-state index contributed by atoms with van der Waals surface area (Å²) in [5, 5.41) is 4.93. The maximum atomic E-state index is 11.9. The molecule has 3 aromatic rings. The van der Waals surface area contributed by atoms with Crippen molar-refractivity contribution >= 4 is 28.8 Å². The number of nitrogens with one attached hydrogen (secondary N) is 1. The molecule has 0 unspecified atom stereocenters. The zero-order valence-corrected chi connectivity index (χ0v) is 18.4. The van der Waals surface area contributed by atoms with Crippen LogP contribution >= 0.6 is 11.3 Å². The second kappa shape index (κ2) is 9.63. The number of anilines is 1. The second-order valence-electron chi connectivity index (χ2n) is 7.91. The van der Waals surface area contributed by atoms with E-state index in [4.69, 9.17) is 15.5 Å². The van der Waals surface area contributed by atoms with Gasteiger partial charge in [0.05, 0.1) is 11.4 Å². The number of carbonyl (C=O) groups is 1. The van der Waals surface area contributed by atoms with Crippen LogP contribution in [0.1, 0.15) is 27.2 Å². The van der Waals surface area contributed by atoms with Crippen LogP contribution in [0.5, 0.6) is 0 Å². The molecule has 0 aliphatic rings. The van der Waals surface area contributed by atoms with Gasteiger partial charge in [-0.1, -0.05) is 30.3 Å². The Morgan fingerprint density at radius 1 is 1.13 bits per heavy atom. The van der Waals surface area contributed by atoms with Gasteiger partial charge in [0.1, 0.15) is 5.60 Å². The summed E-state index contributed by atoms with van der Waals surface area (Å²) in [6, 6.07) is 17.7. The molecule has 0 radical (unpaired) electrons. The molecule has 30 heavy (non-hydrogen) atoms. The van der Waals surface area contributed by atoms with Crippen LogP contribution in [0.2, 0.25) is 0 Å². The van der Waals surface area contributed by atoms with E-state index >= 15 is 0 Å². The van der Waals surface area contributed by atoms with E-state index in [9.17, 15) is 4.79 Å². The lowest BCUT2D eigenvalue weighted by molar-refractivity contribution is 0.0526. The first kappa shape index (κ1) is 21.6. The molecule has 0 aliphatic heterocycles. The van der Waals surface area contributed by atoms with Crippen molar-refractivity contribution in [2.75, 3.05) is 12.3 Å². The van der Waals surface area contributed by atoms with Crippen molar-refractivity contribution in [3.05, 3.63) is 64.8 Å². The van der Waals surface area contributed by atoms with Gasteiger partial charge in [0.25, 0.3) is 0 Å². The summed E-state index contributed by atoms with van der Waals surface area (Å²) in [5.41, 5.74) is 9.14. The predicted molar refractivity (Wildman–Crippen MR) is 123 cm³/mol. The average molecular weight is 425 g/mol. The molecule has 0 saturated carbocycles. The molecular weight excluding hydrogens is 396 g/mol. The van der Waals surface area contributed by atoms with Gasteiger partial charge in [-0.15, -0.1) is 11.3 Å². The summed E-state index contributed by atoms with van der Waals surface area (Å²) >= 11 is 1.60. The minimum Gasteiger partial charge on any atom is -0.444 e. The van der Waals surface area contributed by atoms with Crippen molar-refractivity contribution in [1.82, 2.24) is 9.88 Å². The summed E-state index contributed by atoms with van der Waals surface area (Å²) in [6.07, 6.45) is 0.352. The standard InChI is InChI=1S/C23H28N4O2S/c1-23(2,3)29-22(28)25-14-7-15-27-20(17-10-12-18(24)13-11-17)16-30-21(27)26-19-8-5-4-6-9-19/h4-6,8-13,16H,7,14-15,24H2,1-3H3,(H,25,28). The number of aromatic nitrogens is 1. The van der Waals surface area contributed by atoms with Gasteiger partial charge in [0.2, 0.25) is 0 Å². The number of para-hydroxylation sites is 1. The highest BCUT2D eigenvalue weighted by atomic mass is 32.1. The van der Waals surface area contributed by atoms with Crippen molar-refractivity contribution < 1.29 is 9.53 Å². The number of rotatable bonds is 6. The second-order valence-corrected chi connectivity index (χ2v) is 8.74. The van der Waals surface area contributed by atoms with Crippen molar-refractivity contribution in [3.63, 3.8) is 0 Å². The Morgan fingerprint density at radius 3 is 2.50 bits per heavy atom. The number of hydrogen-bond donors (Lipinski definition) is 2. The summed E-state index contributed by atoms with van der Waals surface area (Å²) in [6.45, 7) is 6.78. The van der Waals surface area contributed by atoms with Gasteiger partial charge in [-0.05, 0) is 57.0 Å². The summed E-state index contributed by atoms with van der Waals surface area (Å²) in [4.78, 5) is 17.6. The SMILES string of the molecule is CC(C)(C)OC(=O)NCCCn1c(-c2ccc(N)cc2)csc1=Nc1ccccc1. The number of hydrogen-bond acceptors (Lipinski definition) is 5. The van der Waals surface area contributed by atoms with Crippen LogP contribution in [-0.4, -0.2) is 22.8 Å². The molecule has 0 atom stereocenters. The minimum absolute atomic E-state index is 0.397. The lowest BCUT2D eigenvalue weighted by Crippen LogP contribution is -2.33. The molecule has 3 N–H and O–H groups in total. The topological polar surface area (TPSA) is 81.6 Å². The highest BCUT2D eigenvalue weighted by molar-refractivity contribution is 7.07. The number of ether oxygens (including phenoxy) is 1. The Balaban J connectivity index is 1.79. The summed E-state index contributed by atoms with van der Waals surface area (Å²) in [5.74, 6) is 0. The van der Waals surface area contributed by atoms with Crippen molar-refractivity contribution in [2.45, 2.75) is 39.3 Å². The first-order chi connectivity index (χ1) is 14.3. The van der Waals surface area contributed by atoms with E-state index < -0.39 is 11.7 Å². The number of carbonyl (C=O) groups excluding carboxylic acids is 1. The molecule has 1 aromatic heterocycles. The number of nitrogens with two attached hydrogens (primary N) is 1. The molecule has 3 rings (SSSR count). The zero-order chi connectivity index (χ0) is 21.6. The summed E-state index contributed by atoms with van der Waals surface area (Å²) in [7, 11) is 0. The first-order valence-corrected chi connectivity index (χ1v) is 10.8. The highest BCUT2D eigenvalue weighted by Gasteiger charge is 2.15. The number of benzene rings is 2. The molecule has 0 aliphatic carbocycles. The number of amides is 1. The Hall–Kier alpha value is -3.06. The van der Waals surface area contributed by atoms with Crippen molar-refractivity contribution in [3.8, 4) is 11.3 Å². The van der Waals surface area contributed by atoms with E-state index in [-0.39, 0.29) is 0 Å². The number of alkyl carbamates (subject to hydrolysis) is 1. The number of thiazole rings is 1. The molecule has 2 aromatic carbocycles. The molecule has 0 fully saturated rings. The lowest BCUT2D eigenvalue weighted by atomic mass is 10.1. The zero-order valence-electron chi connectivity index (χ0n) is 17.6. The normalized spacial score (nSPS) is 12.0. The molecule has 1 amide bonds. The first-order valence-electron chi connectivity index (χ1n) is 9.93. The van der Waals surface area contributed by atoms with Crippen LogP contribution in [0, 0.1) is 0 Å². The maximum Gasteiger partial charge on any atom is 0.407 e. The molecule has 0 spiro atoms. The van der Waals surface area contributed by atoms with E-state index in [1.807, 2.05) is 75.4 Å². The van der Waals surface area contributed by atoms with E-state index in [1.54, 1.807) is 11.3 Å². The van der Waals surface area contributed by atoms with Gasteiger partial charge in [-0.3, -0.25) is 0 Å². The number of nitrogens with zero attached hydrogens (tertiary/aromatic N) is 2. The lowest BCUT2D eigenvalue weighted by Gasteiger charge is -2.19. The van der Waals surface area contributed by atoms with E-state index in [2.05, 4.69) is 15.3 Å². The quantitative estimate of drug-likeness (QED) is 0.434. The fourth-order valence-electron chi connectivity index (χ4n) is 2.87. The van der Waals surface area contributed by atoms with Crippen molar-refractivity contribution in [2.24, 2.45) is 4.99 Å². The third-order valence-corrected chi connectivity index (χ3v) is 5.08. The van der Waals surface area contributed by atoms with Crippen molar-refractivity contribution in [1.29, 1.82) is 0 Å². The maximum absolute atomic E-state index is 11.9. The molecule has 7 heteroatoms. The largest absolute Gasteiger partial charge is 0.444 e. The van der Waals surface area contributed by atoms with E-state index in [1.165, 1.54) is 0 Å². The van der Waals surface area contributed by atoms with Gasteiger partial charge in [-0.2, -0.15) is 0 Å². The van der Waals surface area contributed by atoms with Gasteiger partial charge in [0.15, 0.2) is 4.80 Å². The third kappa shape index (κ3) is 6.22. The van der Waals surface area contributed by atoms with Gasteiger partial charge < -0.3 is 20.4 Å². The Morgan fingerprint density at radius 2 is 1.83 bits per heavy atom. The Labute approximate surface area is 181 Å². The smallest absolute Gasteiger partial charge is 0.407 e. The van der Waals surface area contributed by atoms with Crippen LogP contribution in [0.15, 0.2) is 65.0 Å². The summed E-state index contributed by atoms with van der Waals surface area (Å²) < 4.78 is 7.48. The highest BCUT2D eigenvalue weighted by Crippen LogP contribution is 2.22. The van der Waals surface area contributed by atoms with Gasteiger partial charge in [-0.25, -0.2) is 9.79 Å². The monoisotopic (exact) mass is 424 g/mol. The molecule has 6 nitrogen and oxygen atoms in total. The van der Waals surface area contributed by atoms with E-state index in [0.717, 1.165) is 33.9 Å². The predicted octanol–water partition coefficient (Wildman–Crippen LogP) is 4.95. The van der Waals surface area contributed by atoms with Crippen LogP contribution in [0.25, 0.3) is 11.3 Å². The number of nitrogen functional groups attached to an aromatic ring is 1. The van der Waals surface area contributed by atoms with Gasteiger partial charge >= 0.3 is 6.09 Å². The van der Waals surface area contributed by atoms with Crippen LogP contribution in [-0.2, 0) is 11.3 Å². The molecule has 0 bridgehead atoms. The Bertz CT molecular complexity index is 1030. The van der Waals surface area contributed by atoms with Crippen LogP contribution in [0.4, 0.5) is 16.2 Å². The Kier molecular flexibility index (Phi) is 6.95. The molecular formula is C23H28N4O2S. The van der Waals surface area contributed by atoms with Gasteiger partial charge in [0, 0.05) is 24.2 Å². The van der Waals surface area contributed by atoms with Crippen LogP contribution < -0.4 is 15.9 Å². The average Bonchev–Trinajstić information content (AvgIpc) is 3.08. The van der Waals surface area contributed by atoms with E-state index in [0.29, 0.717) is 13.1 Å². The van der Waals surface area contributed by atoms with Crippen LogP contribution in [0.3, 0.4) is 0 Å². The minimum atomic E-state index is -0.504. The fraction of sp³-hybridized carbons (Fsp3) is 0.304. The fourth-order valence-corrected chi connectivity index (χ4v) is 3.83.